The van der Waals surface area contributed by atoms with Crippen molar-refractivity contribution in [3.05, 3.63) is 83.9 Å². The number of benzene rings is 2. The summed E-state index contributed by atoms with van der Waals surface area (Å²) in [5.74, 6) is -7.63. The summed E-state index contributed by atoms with van der Waals surface area (Å²) < 4.78 is 166. The van der Waals surface area contributed by atoms with Gasteiger partial charge in [-0.15, -0.1) is 0 Å². The number of carbonyl (C=O) groups excluding carboxylic acids is 1. The molecule has 262 valence electrons. The number of alkyl halides is 13. The van der Waals surface area contributed by atoms with Crippen LogP contribution >= 0.6 is 0 Å². The van der Waals surface area contributed by atoms with E-state index in [1.807, 2.05) is 0 Å². The van der Waals surface area contributed by atoms with Gasteiger partial charge in [-0.25, -0.2) is 22.4 Å². The molecular formula is C27H27F13O6. The first-order valence-electron chi connectivity index (χ1n) is 12.2. The zero-order valence-electron chi connectivity index (χ0n) is 23.6. The molecule has 2 rings (SSSR count). The van der Waals surface area contributed by atoms with E-state index < -0.39 is 61.6 Å². The van der Waals surface area contributed by atoms with Crippen LogP contribution in [0, 0.1) is 0 Å². The van der Waals surface area contributed by atoms with Gasteiger partial charge in [0.05, 0.1) is 13.2 Å². The lowest BCUT2D eigenvalue weighted by Crippen LogP contribution is -2.53. The Balaban J connectivity index is 0.000000693. The number of rotatable bonds is 10. The average Bonchev–Trinajstić information content (AvgIpc) is 2.94. The number of aliphatic hydroxyl groups is 2. The molecule has 46 heavy (non-hydrogen) atoms. The van der Waals surface area contributed by atoms with Crippen molar-refractivity contribution in [1.82, 2.24) is 0 Å². The van der Waals surface area contributed by atoms with Crippen LogP contribution in [0.4, 0.5) is 57.1 Å². The zero-order chi connectivity index (χ0) is 36.1. The van der Waals surface area contributed by atoms with E-state index in [1.54, 1.807) is 36.4 Å². The van der Waals surface area contributed by atoms with E-state index in [0.717, 1.165) is 6.92 Å². The second kappa shape index (κ2) is 17.5. The largest absolute Gasteiger partial charge is 0.449 e. The molecule has 0 aliphatic carbocycles. The quantitative estimate of drug-likeness (QED) is 0.116. The van der Waals surface area contributed by atoms with Crippen LogP contribution in [0.5, 0.6) is 0 Å². The average molecular weight is 694 g/mol. The van der Waals surface area contributed by atoms with Crippen molar-refractivity contribution in [2.45, 2.75) is 76.1 Å². The van der Waals surface area contributed by atoms with Crippen LogP contribution in [0.2, 0.25) is 0 Å². The van der Waals surface area contributed by atoms with Crippen LogP contribution in [-0.4, -0.2) is 65.2 Å². The molecule has 0 aromatic heterocycles. The second-order valence-corrected chi connectivity index (χ2v) is 9.02. The Morgan fingerprint density at radius 1 is 0.739 bits per heavy atom. The monoisotopic (exact) mass is 694 g/mol. The number of hydrogen-bond donors (Lipinski definition) is 2. The Bertz CT molecular complexity index is 1170. The molecule has 0 fully saturated rings. The molecule has 0 aliphatic heterocycles. The first-order valence-corrected chi connectivity index (χ1v) is 12.2. The van der Waals surface area contributed by atoms with E-state index >= 15 is 0 Å². The molecule has 0 aliphatic rings. The van der Waals surface area contributed by atoms with E-state index in [0.29, 0.717) is 5.56 Å². The Morgan fingerprint density at radius 3 is 1.37 bits per heavy atom. The predicted octanol–water partition coefficient (Wildman–Crippen LogP) is 7.49. The topological polar surface area (TPSA) is 85.2 Å². The normalized spacial score (nSPS) is 14.8. The van der Waals surface area contributed by atoms with Crippen LogP contribution in [-0.2, 0) is 32.2 Å². The van der Waals surface area contributed by atoms with Crippen molar-refractivity contribution >= 4 is 5.97 Å². The summed E-state index contributed by atoms with van der Waals surface area (Å²) in [6, 6.07) is 16.2. The summed E-state index contributed by atoms with van der Waals surface area (Å²) in [5.41, 5.74) is 0.992. The van der Waals surface area contributed by atoms with Gasteiger partial charge in [0.1, 0.15) is 0 Å². The molecule has 0 amide bonds. The number of aliphatic hydroxyl groups excluding tert-OH is 1. The van der Waals surface area contributed by atoms with E-state index in [2.05, 4.69) is 16.1 Å². The molecule has 2 N–H and O–H groups in total. The van der Waals surface area contributed by atoms with Crippen molar-refractivity contribution < 1.29 is 86.3 Å². The molecular weight excluding hydrogens is 667 g/mol. The minimum Gasteiger partial charge on any atom is -0.424 e. The third kappa shape index (κ3) is 14.3. The smallest absolute Gasteiger partial charge is 0.424 e. The Morgan fingerprint density at radius 2 is 1.11 bits per heavy atom. The summed E-state index contributed by atoms with van der Waals surface area (Å²) in [4.78, 5) is 11.3. The standard InChI is InChI=1S/C14H16F2O3.C10H9F5O2.C3H2F6O/c1-10(2)12(17)19-14(3,13(15)16)18-9-11-7-5-4-6-8-11;11-8(12)9(16,10(13,14)15)17-6-7-4-2-1-3-5-7;4-2(5,6)1(10)3(7,8)9/h4-8,13H,1,9H2,2-3H3;1-5,8,16H,6H2;1,10H. The summed E-state index contributed by atoms with van der Waals surface area (Å²) in [6.45, 7) is 4.91. The van der Waals surface area contributed by atoms with Crippen molar-refractivity contribution in [1.29, 1.82) is 0 Å². The van der Waals surface area contributed by atoms with Crippen LogP contribution in [0.25, 0.3) is 0 Å². The zero-order valence-corrected chi connectivity index (χ0v) is 23.6. The first-order chi connectivity index (χ1) is 20.8. The summed E-state index contributed by atoms with van der Waals surface area (Å²) in [5, 5.41) is 16.3. The fourth-order valence-electron chi connectivity index (χ4n) is 2.43. The van der Waals surface area contributed by atoms with Crippen LogP contribution in [0.15, 0.2) is 72.8 Å². The molecule has 2 aromatic carbocycles. The maximum absolute atomic E-state index is 13.0. The van der Waals surface area contributed by atoms with Crippen molar-refractivity contribution in [2.75, 3.05) is 0 Å². The molecule has 0 spiro atoms. The van der Waals surface area contributed by atoms with E-state index in [-0.39, 0.29) is 17.7 Å². The highest BCUT2D eigenvalue weighted by molar-refractivity contribution is 5.87. The molecule has 0 saturated carbocycles. The molecule has 0 radical (unpaired) electrons. The molecule has 2 aromatic rings. The first kappa shape index (κ1) is 42.6. The van der Waals surface area contributed by atoms with Crippen LogP contribution in [0.1, 0.15) is 25.0 Å². The van der Waals surface area contributed by atoms with Crippen molar-refractivity contribution in [3.63, 3.8) is 0 Å². The molecule has 0 heterocycles. The van der Waals surface area contributed by atoms with Gasteiger partial charge in [-0.1, -0.05) is 67.2 Å². The van der Waals surface area contributed by atoms with Gasteiger partial charge in [-0.05, 0) is 18.1 Å². The fourth-order valence-corrected chi connectivity index (χ4v) is 2.43. The predicted molar refractivity (Wildman–Crippen MR) is 133 cm³/mol. The molecule has 0 saturated heterocycles. The van der Waals surface area contributed by atoms with Crippen molar-refractivity contribution in [3.8, 4) is 0 Å². The maximum Gasteiger partial charge on any atom is 0.449 e. The number of halogens is 13. The molecule has 6 nitrogen and oxygen atoms in total. The van der Waals surface area contributed by atoms with Crippen LogP contribution < -0.4 is 0 Å². The summed E-state index contributed by atoms with van der Waals surface area (Å²) in [6.07, 6.45) is -28.1. The van der Waals surface area contributed by atoms with Gasteiger partial charge in [0.25, 0.3) is 5.79 Å². The Kier molecular flexibility index (Phi) is 16.2. The van der Waals surface area contributed by atoms with Gasteiger partial charge in [-0.2, -0.15) is 39.5 Å². The van der Waals surface area contributed by atoms with Crippen LogP contribution in [0.3, 0.4) is 0 Å². The number of ether oxygens (including phenoxy) is 3. The molecule has 19 heteroatoms. The highest BCUT2D eigenvalue weighted by Crippen LogP contribution is 2.37. The number of esters is 1. The van der Waals surface area contributed by atoms with E-state index in [4.69, 9.17) is 14.9 Å². The maximum atomic E-state index is 13.0. The molecule has 2 atom stereocenters. The van der Waals surface area contributed by atoms with E-state index in [9.17, 15) is 61.9 Å². The van der Waals surface area contributed by atoms with Gasteiger partial charge in [0.15, 0.2) is 0 Å². The van der Waals surface area contributed by atoms with Gasteiger partial charge in [-0.3, -0.25) is 0 Å². The van der Waals surface area contributed by atoms with Gasteiger partial charge in [0.2, 0.25) is 6.10 Å². The summed E-state index contributed by atoms with van der Waals surface area (Å²) >= 11 is 0. The third-order valence-corrected chi connectivity index (χ3v) is 5.03. The van der Waals surface area contributed by atoms with E-state index in [1.165, 1.54) is 31.2 Å². The van der Waals surface area contributed by atoms with Gasteiger partial charge in [0, 0.05) is 12.5 Å². The summed E-state index contributed by atoms with van der Waals surface area (Å²) in [7, 11) is 0. The lowest BCUT2D eigenvalue weighted by Gasteiger charge is -2.29. The van der Waals surface area contributed by atoms with Gasteiger partial charge < -0.3 is 24.4 Å². The van der Waals surface area contributed by atoms with Crippen molar-refractivity contribution in [2.24, 2.45) is 0 Å². The second-order valence-electron chi connectivity index (χ2n) is 9.02. The molecule has 0 bridgehead atoms. The highest BCUT2D eigenvalue weighted by atomic mass is 19.4. The molecule has 2 unspecified atom stereocenters. The van der Waals surface area contributed by atoms with Gasteiger partial charge >= 0.3 is 43.1 Å². The number of hydrogen-bond acceptors (Lipinski definition) is 6. The lowest BCUT2D eigenvalue weighted by molar-refractivity contribution is -0.404. The lowest BCUT2D eigenvalue weighted by atomic mass is 10.2. The Hall–Kier alpha value is -3.42. The highest BCUT2D eigenvalue weighted by Gasteiger charge is 2.62. The number of carbonyl (C=O) groups is 1. The SMILES string of the molecule is C=C(C)C(=O)OC(C)(OCc1ccccc1)C(F)F.OC(C(F)(F)F)C(F)(F)F.OC(OCc1ccccc1)(C(F)F)C(F)(F)F. The fraction of sp³-hybridized carbons (Fsp3) is 0.444. The Labute approximate surface area is 253 Å². The minimum atomic E-state index is -5.63. The third-order valence-electron chi connectivity index (χ3n) is 5.03. The minimum absolute atomic E-state index is 0.0372.